The van der Waals surface area contributed by atoms with Crippen molar-refractivity contribution in [2.75, 3.05) is 45.1 Å². The first-order valence-electron chi connectivity index (χ1n) is 6.86. The van der Waals surface area contributed by atoms with E-state index in [-0.39, 0.29) is 24.2 Å². The molecule has 1 amide bonds. The van der Waals surface area contributed by atoms with Crippen LogP contribution in [0.5, 0.6) is 0 Å². The molecule has 21 heavy (non-hydrogen) atoms. The van der Waals surface area contributed by atoms with E-state index < -0.39 is 11.6 Å². The van der Waals surface area contributed by atoms with Gasteiger partial charge >= 0.3 is 0 Å². The van der Waals surface area contributed by atoms with Crippen molar-refractivity contribution in [1.29, 1.82) is 0 Å². The van der Waals surface area contributed by atoms with Crippen molar-refractivity contribution in [1.82, 2.24) is 9.80 Å². The van der Waals surface area contributed by atoms with Crippen molar-refractivity contribution < 1.29 is 13.6 Å². The molecule has 0 radical (unpaired) electrons. The lowest BCUT2D eigenvalue weighted by Crippen LogP contribution is -2.56. The predicted molar refractivity (Wildman–Crippen MR) is 76.9 cm³/mol. The number of hydrogen-bond donors (Lipinski definition) is 2. The second-order valence-electron chi connectivity index (χ2n) is 5.33. The Labute approximate surface area is 122 Å². The average molecular weight is 298 g/mol. The number of carbonyl (C=O) groups is 1. The fourth-order valence-electron chi connectivity index (χ4n) is 2.49. The van der Waals surface area contributed by atoms with E-state index in [0.29, 0.717) is 6.54 Å². The number of rotatable bonds is 4. The number of hydrogen-bond acceptors (Lipinski definition) is 4. The van der Waals surface area contributed by atoms with E-state index in [0.717, 1.165) is 37.8 Å². The number of piperazine rings is 1. The molecule has 116 valence electrons. The third kappa shape index (κ3) is 4.45. The molecule has 1 fully saturated rings. The van der Waals surface area contributed by atoms with Gasteiger partial charge in [-0.1, -0.05) is 0 Å². The molecule has 0 aliphatic carbocycles. The van der Waals surface area contributed by atoms with E-state index in [9.17, 15) is 13.6 Å². The molecule has 5 nitrogen and oxygen atoms in total. The van der Waals surface area contributed by atoms with Gasteiger partial charge in [0.1, 0.15) is 11.6 Å². The third-order valence-electron chi connectivity index (χ3n) is 3.57. The normalized spacial score (nSPS) is 20.5. The van der Waals surface area contributed by atoms with Crippen LogP contribution in [0, 0.1) is 11.6 Å². The van der Waals surface area contributed by atoms with Crippen LogP contribution >= 0.6 is 0 Å². The lowest BCUT2D eigenvalue weighted by molar-refractivity contribution is -0.118. The van der Waals surface area contributed by atoms with Crippen LogP contribution in [0.15, 0.2) is 18.2 Å². The molecule has 7 heteroatoms. The Morgan fingerprint density at radius 2 is 2.00 bits per heavy atom. The molecule has 0 saturated carbocycles. The predicted octanol–water partition coefficient (Wildman–Crippen LogP) is 0.478. The number of anilines is 1. The van der Waals surface area contributed by atoms with Gasteiger partial charge in [0.05, 0.1) is 6.54 Å². The monoisotopic (exact) mass is 298 g/mol. The highest BCUT2D eigenvalue weighted by atomic mass is 19.1. The molecule has 0 bridgehead atoms. The Morgan fingerprint density at radius 3 is 2.62 bits per heavy atom. The quantitative estimate of drug-likeness (QED) is 0.849. The summed E-state index contributed by atoms with van der Waals surface area (Å²) in [6.45, 7) is 3.03. The van der Waals surface area contributed by atoms with Crippen molar-refractivity contribution >= 4 is 11.6 Å². The van der Waals surface area contributed by atoms with Crippen LogP contribution in [0.3, 0.4) is 0 Å². The summed E-state index contributed by atoms with van der Waals surface area (Å²) < 4.78 is 26.1. The standard InChI is InChI=1S/C14H20F2N4O/c1-19-2-3-20(13(7-17)8-19)9-14(21)18-12-5-10(15)4-11(16)6-12/h4-6,13H,2-3,7-9,17H2,1H3,(H,18,21). The van der Waals surface area contributed by atoms with Gasteiger partial charge in [-0.05, 0) is 19.2 Å². The Kier molecular flexibility index (Phi) is 5.22. The second kappa shape index (κ2) is 6.93. The number of nitrogens with zero attached hydrogens (tertiary/aromatic N) is 2. The molecule has 1 saturated heterocycles. The van der Waals surface area contributed by atoms with Crippen LogP contribution in [0.25, 0.3) is 0 Å². The Balaban J connectivity index is 1.94. The smallest absolute Gasteiger partial charge is 0.238 e. The van der Waals surface area contributed by atoms with Crippen molar-refractivity contribution in [3.8, 4) is 0 Å². The van der Waals surface area contributed by atoms with Crippen molar-refractivity contribution in [2.24, 2.45) is 5.73 Å². The van der Waals surface area contributed by atoms with Crippen LogP contribution in [0.2, 0.25) is 0 Å². The first-order valence-corrected chi connectivity index (χ1v) is 6.86. The van der Waals surface area contributed by atoms with Crippen LogP contribution < -0.4 is 11.1 Å². The number of benzene rings is 1. The van der Waals surface area contributed by atoms with Gasteiger partial charge in [-0.15, -0.1) is 0 Å². The zero-order valence-electron chi connectivity index (χ0n) is 12.0. The third-order valence-corrected chi connectivity index (χ3v) is 3.57. The van der Waals surface area contributed by atoms with Gasteiger partial charge < -0.3 is 16.0 Å². The molecule has 1 unspecified atom stereocenters. The van der Waals surface area contributed by atoms with E-state index in [2.05, 4.69) is 10.2 Å². The maximum absolute atomic E-state index is 13.1. The number of likely N-dealkylation sites (N-methyl/N-ethyl adjacent to an activating group) is 1. The number of nitrogens with two attached hydrogens (primary N) is 1. The minimum absolute atomic E-state index is 0.110. The Hall–Kier alpha value is -1.57. The molecule has 0 aromatic heterocycles. The molecule has 3 N–H and O–H groups in total. The summed E-state index contributed by atoms with van der Waals surface area (Å²) in [5.74, 6) is -1.74. The van der Waals surface area contributed by atoms with Crippen LogP contribution in [0.1, 0.15) is 0 Å². The minimum atomic E-state index is -0.718. The molecule has 0 spiro atoms. The lowest BCUT2D eigenvalue weighted by atomic mass is 10.1. The Bertz CT molecular complexity index is 491. The highest BCUT2D eigenvalue weighted by Gasteiger charge is 2.25. The summed E-state index contributed by atoms with van der Waals surface area (Å²) in [5, 5.41) is 2.51. The van der Waals surface area contributed by atoms with Gasteiger partial charge in [-0.3, -0.25) is 9.69 Å². The average Bonchev–Trinajstić information content (AvgIpc) is 2.39. The van der Waals surface area contributed by atoms with E-state index >= 15 is 0 Å². The molecule has 1 aromatic carbocycles. The summed E-state index contributed by atoms with van der Waals surface area (Å²) >= 11 is 0. The SMILES string of the molecule is CN1CCN(CC(=O)Nc2cc(F)cc(F)c2)C(CN)C1. The number of nitrogens with one attached hydrogen (secondary N) is 1. The van der Waals surface area contributed by atoms with Gasteiger partial charge in [0.25, 0.3) is 0 Å². The van der Waals surface area contributed by atoms with E-state index in [1.165, 1.54) is 0 Å². The Morgan fingerprint density at radius 1 is 1.33 bits per heavy atom. The van der Waals surface area contributed by atoms with Crippen LogP contribution in [-0.4, -0.2) is 61.5 Å². The van der Waals surface area contributed by atoms with Crippen LogP contribution in [0.4, 0.5) is 14.5 Å². The van der Waals surface area contributed by atoms with Crippen molar-refractivity contribution in [3.05, 3.63) is 29.8 Å². The van der Waals surface area contributed by atoms with Crippen LogP contribution in [-0.2, 0) is 4.79 Å². The topological polar surface area (TPSA) is 61.6 Å². The van der Waals surface area contributed by atoms with Gasteiger partial charge in [0.15, 0.2) is 0 Å². The maximum Gasteiger partial charge on any atom is 0.238 e. The minimum Gasteiger partial charge on any atom is -0.329 e. The molecule has 1 aliphatic rings. The van der Waals surface area contributed by atoms with Gasteiger partial charge in [-0.25, -0.2) is 8.78 Å². The molecular formula is C14H20F2N4O. The molecule has 1 aromatic rings. The van der Waals surface area contributed by atoms with Crippen molar-refractivity contribution in [2.45, 2.75) is 6.04 Å². The van der Waals surface area contributed by atoms with E-state index in [1.54, 1.807) is 0 Å². The van der Waals surface area contributed by atoms with Gasteiger partial charge in [-0.2, -0.15) is 0 Å². The summed E-state index contributed by atoms with van der Waals surface area (Å²) in [7, 11) is 2.01. The van der Waals surface area contributed by atoms with Gasteiger partial charge in [0.2, 0.25) is 5.91 Å². The molecule has 1 atom stereocenters. The second-order valence-corrected chi connectivity index (χ2v) is 5.33. The summed E-state index contributed by atoms with van der Waals surface area (Å²) in [6.07, 6.45) is 0. The zero-order chi connectivity index (χ0) is 15.4. The molecule has 1 aliphatic heterocycles. The van der Waals surface area contributed by atoms with E-state index in [4.69, 9.17) is 5.73 Å². The van der Waals surface area contributed by atoms with E-state index in [1.807, 2.05) is 11.9 Å². The fourth-order valence-corrected chi connectivity index (χ4v) is 2.49. The largest absolute Gasteiger partial charge is 0.329 e. The fraction of sp³-hybridized carbons (Fsp3) is 0.500. The number of halogens is 2. The highest BCUT2D eigenvalue weighted by Crippen LogP contribution is 2.13. The zero-order valence-corrected chi connectivity index (χ0v) is 12.0. The highest BCUT2D eigenvalue weighted by molar-refractivity contribution is 5.92. The summed E-state index contributed by atoms with van der Waals surface area (Å²) in [5.41, 5.74) is 5.85. The maximum atomic E-state index is 13.1. The van der Waals surface area contributed by atoms with Gasteiger partial charge in [0, 0.05) is 44.0 Å². The molecule has 2 rings (SSSR count). The number of amides is 1. The molecule has 1 heterocycles. The summed E-state index contributed by atoms with van der Waals surface area (Å²) in [4.78, 5) is 16.1. The van der Waals surface area contributed by atoms with Crippen molar-refractivity contribution in [3.63, 3.8) is 0 Å². The lowest BCUT2D eigenvalue weighted by Gasteiger charge is -2.39. The number of carbonyl (C=O) groups excluding carboxylic acids is 1. The first kappa shape index (κ1) is 15.8. The molecular weight excluding hydrogens is 278 g/mol. The first-order chi connectivity index (χ1) is 9.97. The summed E-state index contributed by atoms with van der Waals surface area (Å²) in [6, 6.07) is 3.05.